The fraction of sp³-hybridized carbons (Fsp3) is 0.579. The zero-order valence-corrected chi connectivity index (χ0v) is 16.9. The molecular formula is C19H27N4OS2+. The second-order valence-corrected chi connectivity index (χ2v) is 8.98. The number of fused-ring (bicyclic) bond motifs is 1. The highest BCUT2D eigenvalue weighted by Crippen LogP contribution is 2.29. The second-order valence-electron chi connectivity index (χ2n) is 7.36. The van der Waals surface area contributed by atoms with Crippen LogP contribution in [0, 0.1) is 9.87 Å². The van der Waals surface area contributed by atoms with Gasteiger partial charge in [-0.15, -0.1) is 5.10 Å². The molecule has 0 bridgehead atoms. The van der Waals surface area contributed by atoms with E-state index in [1.165, 1.54) is 56.4 Å². The maximum absolute atomic E-state index is 5.60. The molecule has 1 saturated heterocycles. The molecule has 2 aromatic rings. The van der Waals surface area contributed by atoms with Gasteiger partial charge in [-0.3, -0.25) is 0 Å². The molecule has 5 nitrogen and oxygen atoms in total. The minimum atomic E-state index is 0.798. The van der Waals surface area contributed by atoms with Crippen molar-refractivity contribution in [2.45, 2.75) is 51.2 Å². The van der Waals surface area contributed by atoms with Gasteiger partial charge in [0.2, 0.25) is 5.13 Å². The Morgan fingerprint density at radius 2 is 2.08 bits per heavy atom. The molecule has 1 aromatic heterocycles. The third-order valence-corrected chi connectivity index (χ3v) is 7.04. The fourth-order valence-electron chi connectivity index (χ4n) is 4.58. The third-order valence-electron chi connectivity index (χ3n) is 5.81. The molecule has 3 atom stereocenters. The van der Waals surface area contributed by atoms with Gasteiger partial charge in [-0.2, -0.15) is 4.68 Å². The van der Waals surface area contributed by atoms with Crippen molar-refractivity contribution < 1.29 is 9.64 Å². The Balaban J connectivity index is 1.49. The lowest BCUT2D eigenvalue weighted by molar-refractivity contribution is -0.958. The van der Waals surface area contributed by atoms with E-state index >= 15 is 0 Å². The van der Waals surface area contributed by atoms with Crippen LogP contribution in [0.1, 0.15) is 38.5 Å². The Kier molecular flexibility index (Phi) is 5.57. The Morgan fingerprint density at radius 3 is 2.96 bits per heavy atom. The zero-order chi connectivity index (χ0) is 17.9. The summed E-state index contributed by atoms with van der Waals surface area (Å²) in [6.07, 6.45) is 8.32. The summed E-state index contributed by atoms with van der Waals surface area (Å²) >= 11 is 7.13. The normalized spacial score (nSPS) is 25.5. The average molecular weight is 392 g/mol. The molecule has 2 heterocycles. The Morgan fingerprint density at radius 1 is 1.27 bits per heavy atom. The van der Waals surface area contributed by atoms with Crippen LogP contribution in [-0.2, 0) is 6.67 Å². The van der Waals surface area contributed by atoms with E-state index in [2.05, 4.69) is 5.32 Å². The monoisotopic (exact) mass is 391 g/mol. The van der Waals surface area contributed by atoms with Crippen LogP contribution < -0.4 is 15.0 Å². The van der Waals surface area contributed by atoms with Crippen molar-refractivity contribution in [3.63, 3.8) is 0 Å². The first kappa shape index (κ1) is 17.9. The summed E-state index contributed by atoms with van der Waals surface area (Å²) < 4.78 is 8.27. The minimum Gasteiger partial charge on any atom is -0.495 e. The summed E-state index contributed by atoms with van der Waals surface area (Å²) in [4.78, 5) is 1.67. The lowest BCUT2D eigenvalue weighted by Crippen LogP contribution is -3.17. The maximum Gasteiger partial charge on any atom is 0.209 e. The molecule has 2 aliphatic rings. The molecule has 4 rings (SSSR count). The lowest BCUT2D eigenvalue weighted by Gasteiger charge is -2.40. The highest BCUT2D eigenvalue weighted by Gasteiger charge is 2.36. The highest BCUT2D eigenvalue weighted by molar-refractivity contribution is 7.73. The van der Waals surface area contributed by atoms with Crippen LogP contribution >= 0.6 is 23.6 Å². The number of ether oxygens (including phenoxy) is 1. The van der Waals surface area contributed by atoms with E-state index in [0.717, 1.165) is 39.2 Å². The molecule has 7 heteroatoms. The van der Waals surface area contributed by atoms with E-state index in [1.54, 1.807) is 12.0 Å². The SMILES string of the molecule is COc1ccccc1Nc1nn(C[NH+]2CCC[C@H]3CCCC[C@@H]32)c(=S)s1. The van der Waals surface area contributed by atoms with Gasteiger partial charge < -0.3 is 15.0 Å². The molecule has 1 unspecified atom stereocenters. The zero-order valence-electron chi connectivity index (χ0n) is 15.2. The van der Waals surface area contributed by atoms with Crippen molar-refractivity contribution in [2.75, 3.05) is 19.0 Å². The predicted octanol–water partition coefficient (Wildman–Crippen LogP) is 3.62. The van der Waals surface area contributed by atoms with E-state index in [0.29, 0.717) is 0 Å². The second kappa shape index (κ2) is 8.06. The Bertz CT molecular complexity index is 801. The third kappa shape index (κ3) is 3.80. The molecule has 1 saturated carbocycles. The van der Waals surface area contributed by atoms with Gasteiger partial charge >= 0.3 is 0 Å². The first-order valence-electron chi connectivity index (χ1n) is 9.57. The van der Waals surface area contributed by atoms with Crippen LogP contribution in [0.4, 0.5) is 10.8 Å². The summed E-state index contributed by atoms with van der Waals surface area (Å²) in [5, 5.41) is 8.95. The van der Waals surface area contributed by atoms with Gasteiger partial charge in [0.15, 0.2) is 10.6 Å². The quantitative estimate of drug-likeness (QED) is 0.764. The summed E-state index contributed by atoms with van der Waals surface area (Å²) in [5.41, 5.74) is 0.920. The number of aromatic nitrogens is 2. The van der Waals surface area contributed by atoms with Crippen LogP contribution in [0.15, 0.2) is 24.3 Å². The van der Waals surface area contributed by atoms with Crippen molar-refractivity contribution in [1.29, 1.82) is 0 Å². The molecule has 0 spiro atoms. The number of anilines is 2. The summed E-state index contributed by atoms with van der Waals surface area (Å²) in [7, 11) is 1.68. The minimum absolute atomic E-state index is 0.798. The van der Waals surface area contributed by atoms with Crippen molar-refractivity contribution in [3.05, 3.63) is 28.2 Å². The van der Waals surface area contributed by atoms with E-state index < -0.39 is 0 Å². The Hall–Kier alpha value is -1.44. The maximum atomic E-state index is 5.60. The van der Waals surface area contributed by atoms with Gasteiger partial charge in [-0.25, -0.2) is 0 Å². The number of hydrogen-bond donors (Lipinski definition) is 2. The van der Waals surface area contributed by atoms with Crippen LogP contribution in [-0.4, -0.2) is 29.5 Å². The number of rotatable bonds is 5. The molecule has 2 fully saturated rings. The summed E-state index contributed by atoms with van der Waals surface area (Å²) in [6.45, 7) is 2.14. The average Bonchev–Trinajstić information content (AvgIpc) is 3.01. The van der Waals surface area contributed by atoms with Crippen molar-refractivity contribution in [1.82, 2.24) is 9.78 Å². The van der Waals surface area contributed by atoms with Gasteiger partial charge in [0.25, 0.3) is 0 Å². The number of quaternary nitrogens is 1. The van der Waals surface area contributed by atoms with Gasteiger partial charge in [0.05, 0.1) is 25.4 Å². The molecule has 0 radical (unpaired) electrons. The summed E-state index contributed by atoms with van der Waals surface area (Å²) in [5.74, 6) is 1.72. The number of nitrogens with one attached hydrogen (secondary N) is 2. The molecule has 2 N–H and O–H groups in total. The molecule has 0 amide bonds. The topological polar surface area (TPSA) is 43.5 Å². The van der Waals surface area contributed by atoms with E-state index in [4.69, 9.17) is 22.1 Å². The molecule has 140 valence electrons. The smallest absolute Gasteiger partial charge is 0.209 e. The predicted molar refractivity (Wildman–Crippen MR) is 108 cm³/mol. The fourth-order valence-corrected chi connectivity index (χ4v) is 5.59. The number of piperidine rings is 1. The molecule has 1 aromatic carbocycles. The molecule has 1 aliphatic heterocycles. The number of nitrogens with zero attached hydrogens (tertiary/aromatic N) is 2. The largest absolute Gasteiger partial charge is 0.495 e. The number of benzene rings is 1. The molecular weight excluding hydrogens is 364 g/mol. The van der Waals surface area contributed by atoms with E-state index in [9.17, 15) is 0 Å². The van der Waals surface area contributed by atoms with Crippen molar-refractivity contribution in [3.8, 4) is 5.75 Å². The first-order valence-corrected chi connectivity index (χ1v) is 10.8. The van der Waals surface area contributed by atoms with Gasteiger partial charge in [-0.05, 0) is 56.5 Å². The van der Waals surface area contributed by atoms with Crippen molar-refractivity contribution in [2.24, 2.45) is 5.92 Å². The standard InChI is InChI=1S/C19H26N4OS2/c1-24-17-11-5-3-9-15(17)20-18-21-23(19(25)26-18)13-22-12-6-8-14-7-2-4-10-16(14)22/h3,5,9,11,14,16H,2,4,6-8,10,12-13H2,1H3,(H,20,21)/p+1/t14-,16+/m1/s1. The highest BCUT2D eigenvalue weighted by atomic mass is 32.1. The van der Waals surface area contributed by atoms with Crippen LogP contribution in [0.3, 0.4) is 0 Å². The van der Waals surface area contributed by atoms with Crippen LogP contribution in [0.5, 0.6) is 5.75 Å². The molecule has 26 heavy (non-hydrogen) atoms. The summed E-state index contributed by atoms with van der Waals surface area (Å²) in [6, 6.07) is 8.69. The Labute approximate surface area is 164 Å². The van der Waals surface area contributed by atoms with Gasteiger partial charge in [-0.1, -0.05) is 29.9 Å². The first-order chi connectivity index (χ1) is 12.7. The van der Waals surface area contributed by atoms with Crippen molar-refractivity contribution >= 4 is 34.4 Å². The van der Waals surface area contributed by atoms with Crippen LogP contribution in [0.25, 0.3) is 0 Å². The number of para-hydroxylation sites is 2. The molecule has 1 aliphatic carbocycles. The van der Waals surface area contributed by atoms with E-state index in [-0.39, 0.29) is 0 Å². The van der Waals surface area contributed by atoms with Crippen LogP contribution in [0.2, 0.25) is 0 Å². The van der Waals surface area contributed by atoms with E-state index in [1.807, 2.05) is 28.9 Å². The number of likely N-dealkylation sites (tertiary alicyclic amines) is 1. The van der Waals surface area contributed by atoms with Gasteiger partial charge in [0.1, 0.15) is 5.75 Å². The number of hydrogen-bond acceptors (Lipinski definition) is 5. The van der Waals surface area contributed by atoms with Gasteiger partial charge in [0, 0.05) is 5.92 Å². The lowest BCUT2D eigenvalue weighted by atomic mass is 9.78. The number of methoxy groups -OCH3 is 1.